The lowest BCUT2D eigenvalue weighted by atomic mass is 9.33. The molecule has 2 heterocycles. The van der Waals surface area contributed by atoms with Gasteiger partial charge in [0.15, 0.2) is 30.6 Å². The average molecular weight is 945 g/mol. The van der Waals surface area contributed by atoms with Gasteiger partial charge in [-0.1, -0.05) is 47.1 Å². The van der Waals surface area contributed by atoms with Crippen molar-refractivity contribution in [2.45, 2.75) is 186 Å². The van der Waals surface area contributed by atoms with Gasteiger partial charge >= 0.3 is 17.9 Å². The summed E-state index contributed by atoms with van der Waals surface area (Å²) >= 11 is 0. The summed E-state index contributed by atoms with van der Waals surface area (Å²) in [6, 6.07) is 0. The molecule has 2 saturated heterocycles. The van der Waals surface area contributed by atoms with Crippen LogP contribution in [0, 0.1) is 50.2 Å². The number of rotatable bonds is 10. The maximum absolute atomic E-state index is 14.8. The van der Waals surface area contributed by atoms with Crippen molar-refractivity contribution < 1.29 is 99.4 Å². The molecule has 2 aliphatic heterocycles. The van der Waals surface area contributed by atoms with Crippen LogP contribution in [0.1, 0.15) is 106 Å². The minimum atomic E-state index is -2.05. The fraction of sp³-hybridized carbons (Fsp3) is 0.870. The third-order valence-electron chi connectivity index (χ3n) is 18.0. The van der Waals surface area contributed by atoms with Crippen LogP contribution in [0.5, 0.6) is 0 Å². The first-order valence-corrected chi connectivity index (χ1v) is 23.0. The Morgan fingerprint density at radius 3 is 1.79 bits per heavy atom. The summed E-state index contributed by atoms with van der Waals surface area (Å²) in [4.78, 5) is 51.3. The first-order chi connectivity index (χ1) is 30.5. The zero-order valence-corrected chi connectivity index (χ0v) is 38.7. The van der Waals surface area contributed by atoms with Crippen molar-refractivity contribution in [1.29, 1.82) is 0 Å². The van der Waals surface area contributed by atoms with Crippen LogP contribution in [-0.2, 0) is 38.1 Å². The smallest absolute Gasteiger partial charge is 0.335 e. The van der Waals surface area contributed by atoms with Gasteiger partial charge in [0.05, 0.1) is 24.7 Å². The fourth-order valence-electron chi connectivity index (χ4n) is 13.6. The molecule has 12 N–H and O–H groups in total. The van der Waals surface area contributed by atoms with Crippen LogP contribution >= 0.6 is 0 Å². The summed E-state index contributed by atoms with van der Waals surface area (Å²) in [5.74, 6) is -4.47. The standard InChI is InChI=1S/C42H62O16.C4H10O4/c1-37(2)21-8-11-42(7)31(20(43)16-18-19-17-39(4,36(53)54)13-12-38(19,3)14-15-41(18,42)6)40(21,5)10-9-22(37)55-35-30(26(47)25(46)29(57-35)33(51)52)58-34-27(48)23(44)24(45)28(56-34)32(49)50;5-1-3(7)4(8)2-6/h16,19,21-31,34-35,44-48H,8-15,17H2,1-7H3,(H,49,50)(H,51,52)(H,53,54);3-8H,1-2H2/t19-,21-,22-,23-,24-,25-,26-,27+,28-,29-,30+,31+,34-,35-,38+,39-,40-,41+,42+;/m0./s1. The van der Waals surface area contributed by atoms with E-state index in [1.165, 1.54) is 0 Å². The minimum Gasteiger partial charge on any atom is -0.481 e. The van der Waals surface area contributed by atoms with Gasteiger partial charge in [-0.05, 0) is 110 Å². The number of allylic oxidation sites excluding steroid dienone is 2. The van der Waals surface area contributed by atoms with E-state index in [0.717, 1.165) is 37.7 Å². The van der Waals surface area contributed by atoms with Crippen molar-refractivity contribution in [3.63, 3.8) is 0 Å². The van der Waals surface area contributed by atoms with E-state index in [9.17, 15) is 60.0 Å². The predicted octanol–water partition coefficient (Wildman–Crippen LogP) is -0.0616. The van der Waals surface area contributed by atoms with Gasteiger partial charge in [0.1, 0.15) is 48.8 Å². The van der Waals surface area contributed by atoms with E-state index in [-0.39, 0.29) is 34.4 Å². The average Bonchev–Trinajstić information content (AvgIpc) is 3.24. The van der Waals surface area contributed by atoms with Crippen LogP contribution < -0.4 is 0 Å². The Labute approximate surface area is 383 Å². The number of aliphatic hydroxyl groups excluding tert-OH is 9. The monoisotopic (exact) mass is 944 g/mol. The summed E-state index contributed by atoms with van der Waals surface area (Å²) in [6.45, 7) is 13.8. The second-order valence-electron chi connectivity index (χ2n) is 22.1. The highest BCUT2D eigenvalue weighted by Crippen LogP contribution is 2.75. The molecule has 20 heteroatoms. The molecule has 0 amide bonds. The van der Waals surface area contributed by atoms with Crippen molar-refractivity contribution in [1.82, 2.24) is 0 Å². The van der Waals surface area contributed by atoms with Crippen molar-refractivity contribution in [2.75, 3.05) is 13.2 Å². The molecular formula is C46H72O20. The van der Waals surface area contributed by atoms with E-state index in [1.54, 1.807) is 0 Å². The van der Waals surface area contributed by atoms with Gasteiger partial charge < -0.3 is 80.2 Å². The van der Waals surface area contributed by atoms with Gasteiger partial charge in [0.2, 0.25) is 0 Å². The van der Waals surface area contributed by atoms with E-state index in [0.29, 0.717) is 25.7 Å². The zero-order valence-electron chi connectivity index (χ0n) is 38.7. The molecular weight excluding hydrogens is 872 g/mol. The predicted molar refractivity (Wildman–Crippen MR) is 226 cm³/mol. The van der Waals surface area contributed by atoms with Crippen LogP contribution in [0.4, 0.5) is 0 Å². The van der Waals surface area contributed by atoms with Gasteiger partial charge in [0.25, 0.3) is 0 Å². The molecule has 7 rings (SSSR count). The first-order valence-electron chi connectivity index (χ1n) is 23.0. The molecule has 66 heavy (non-hydrogen) atoms. The van der Waals surface area contributed by atoms with Gasteiger partial charge in [-0.25, -0.2) is 9.59 Å². The molecule has 5 aliphatic carbocycles. The number of carbonyl (C=O) groups excluding carboxylic acids is 1. The number of hydrogen-bond donors (Lipinski definition) is 12. The number of carboxylic acids is 3. The number of fused-ring (bicyclic) bond motifs is 7. The maximum Gasteiger partial charge on any atom is 0.335 e. The number of ketones is 1. The highest BCUT2D eigenvalue weighted by Gasteiger charge is 2.71. The molecule has 376 valence electrons. The Bertz CT molecular complexity index is 1870. The van der Waals surface area contributed by atoms with E-state index < -0.39 is 133 Å². The summed E-state index contributed by atoms with van der Waals surface area (Å²) in [5.41, 5.74) is -1.81. The van der Waals surface area contributed by atoms with E-state index in [1.807, 2.05) is 26.8 Å². The summed E-state index contributed by atoms with van der Waals surface area (Å²) in [7, 11) is 0. The van der Waals surface area contributed by atoms with Crippen LogP contribution in [-0.4, -0.2) is 178 Å². The SMILES string of the molecule is CC1(C)[C@@H](O[C@H]2O[C@H](C(=O)O)[C@@H](O)[C@H](O)[C@H]2O[C@@H]2O[C@H](C(=O)O)[C@@H](O)[C@H](O)[C@H]2O)CC[C@]2(C)[C@H]3C(=O)C=C4[C@@H]5C[C@@](C)(C(=O)O)CC[C@]5(C)CC[C@@]4(C)[C@]3(C)CC[C@@H]12.OCC(O)C(O)CO. The second kappa shape index (κ2) is 18.6. The number of aliphatic carboxylic acids is 3. The number of hydrogen-bond acceptors (Lipinski definition) is 17. The Morgan fingerprint density at radius 2 is 1.24 bits per heavy atom. The highest BCUT2D eigenvalue weighted by molar-refractivity contribution is 5.95. The zero-order chi connectivity index (χ0) is 49.4. The van der Waals surface area contributed by atoms with E-state index >= 15 is 0 Å². The number of carboxylic acid groups (broad SMARTS) is 3. The first kappa shape index (κ1) is 52.7. The maximum atomic E-state index is 14.8. The molecule has 4 saturated carbocycles. The van der Waals surface area contributed by atoms with Crippen LogP contribution in [0.3, 0.4) is 0 Å². The molecule has 0 bridgehead atoms. The Morgan fingerprint density at radius 1 is 0.697 bits per heavy atom. The molecule has 2 unspecified atom stereocenters. The number of aliphatic hydroxyl groups is 9. The van der Waals surface area contributed by atoms with E-state index in [4.69, 9.17) is 39.4 Å². The minimum absolute atomic E-state index is 0.0217. The highest BCUT2D eigenvalue weighted by atomic mass is 16.8. The van der Waals surface area contributed by atoms with Gasteiger partial charge in [-0.15, -0.1) is 0 Å². The summed E-state index contributed by atoms with van der Waals surface area (Å²) in [5, 5.41) is 116. The third kappa shape index (κ3) is 8.57. The van der Waals surface area contributed by atoms with Gasteiger partial charge in [-0.3, -0.25) is 9.59 Å². The molecule has 21 atom stereocenters. The van der Waals surface area contributed by atoms with Crippen molar-refractivity contribution in [2.24, 2.45) is 50.2 Å². The Balaban J connectivity index is 0.000000824. The second-order valence-corrected chi connectivity index (χ2v) is 22.1. The largest absolute Gasteiger partial charge is 0.481 e. The van der Waals surface area contributed by atoms with E-state index in [2.05, 4.69) is 27.7 Å². The normalized spacial score (nSPS) is 48.4. The lowest BCUT2D eigenvalue weighted by Crippen LogP contribution is -2.68. The number of carbonyl (C=O) groups is 4. The van der Waals surface area contributed by atoms with Crippen molar-refractivity contribution in [3.8, 4) is 0 Å². The molecule has 0 aromatic rings. The lowest BCUT2D eigenvalue weighted by molar-refractivity contribution is -0.371. The molecule has 0 spiro atoms. The summed E-state index contributed by atoms with van der Waals surface area (Å²) < 4.78 is 23.4. The lowest BCUT2D eigenvalue weighted by Gasteiger charge is -2.70. The quantitative estimate of drug-likeness (QED) is 0.128. The van der Waals surface area contributed by atoms with Crippen molar-refractivity contribution in [3.05, 3.63) is 11.6 Å². The molecule has 0 radical (unpaired) electrons. The summed E-state index contributed by atoms with van der Waals surface area (Å²) in [6.07, 6.45) is -14.7. The fourth-order valence-corrected chi connectivity index (χ4v) is 13.6. The van der Waals surface area contributed by atoms with Gasteiger partial charge in [-0.2, -0.15) is 0 Å². The molecule has 20 nitrogen and oxygen atoms in total. The van der Waals surface area contributed by atoms with Crippen LogP contribution in [0.25, 0.3) is 0 Å². The van der Waals surface area contributed by atoms with Crippen molar-refractivity contribution >= 4 is 23.7 Å². The van der Waals surface area contributed by atoms with Crippen LogP contribution in [0.15, 0.2) is 11.6 Å². The molecule has 0 aromatic heterocycles. The molecule has 6 fully saturated rings. The van der Waals surface area contributed by atoms with Crippen LogP contribution in [0.2, 0.25) is 0 Å². The molecule has 0 aromatic carbocycles. The Kier molecular flexibility index (Phi) is 14.8. The van der Waals surface area contributed by atoms with Gasteiger partial charge in [0, 0.05) is 5.92 Å². The molecule has 7 aliphatic rings. The number of ether oxygens (including phenoxy) is 4. The topological polar surface area (TPSA) is 348 Å². The Hall–Kier alpha value is -2.70. The third-order valence-corrected chi connectivity index (χ3v) is 18.0.